The number of nitro benzene ring substituents is 1. The van der Waals surface area contributed by atoms with Crippen molar-refractivity contribution in [3.05, 3.63) is 52.1 Å². The zero-order chi connectivity index (χ0) is 17.8. The largest absolute Gasteiger partial charge is 0.382 e. The van der Waals surface area contributed by atoms with Gasteiger partial charge in [0.25, 0.3) is 5.69 Å². The van der Waals surface area contributed by atoms with Crippen LogP contribution < -0.4 is 10.6 Å². The van der Waals surface area contributed by atoms with Crippen molar-refractivity contribution in [2.45, 2.75) is 26.8 Å². The molecule has 0 bridgehead atoms. The summed E-state index contributed by atoms with van der Waals surface area (Å²) in [7, 11) is 0. The summed E-state index contributed by atoms with van der Waals surface area (Å²) in [4.78, 5) is 14.8. The van der Waals surface area contributed by atoms with E-state index < -0.39 is 4.92 Å². The van der Waals surface area contributed by atoms with Crippen molar-refractivity contribution < 1.29 is 9.66 Å². The van der Waals surface area contributed by atoms with E-state index in [4.69, 9.17) is 4.74 Å². The maximum Gasteiger partial charge on any atom is 0.269 e. The van der Waals surface area contributed by atoms with Crippen LogP contribution in [0.25, 0.3) is 0 Å². The Balaban J connectivity index is 2.57. The number of nitrogens with zero attached hydrogens (tertiary/aromatic N) is 2. The summed E-state index contributed by atoms with van der Waals surface area (Å²) < 4.78 is 5.30. The van der Waals surface area contributed by atoms with Crippen molar-refractivity contribution in [3.63, 3.8) is 0 Å². The minimum atomic E-state index is -0.410. The van der Waals surface area contributed by atoms with Gasteiger partial charge in [-0.25, -0.2) is 4.99 Å². The molecule has 0 saturated heterocycles. The molecule has 0 aromatic heterocycles. The molecular formula is C17H26N4O3. The first-order valence-electron chi connectivity index (χ1n) is 8.00. The Morgan fingerprint density at radius 1 is 1.33 bits per heavy atom. The van der Waals surface area contributed by atoms with Crippen molar-refractivity contribution in [2.24, 2.45) is 4.99 Å². The molecule has 0 spiro atoms. The van der Waals surface area contributed by atoms with Crippen molar-refractivity contribution in [2.75, 3.05) is 26.3 Å². The SMILES string of the molecule is C=C(C)CNC(=NCc1ccc([N+](=O)[O-])cc1)NCCCOCC. The van der Waals surface area contributed by atoms with Gasteiger partial charge in [0.1, 0.15) is 0 Å². The molecule has 24 heavy (non-hydrogen) atoms. The second-order valence-electron chi connectivity index (χ2n) is 5.38. The van der Waals surface area contributed by atoms with Crippen LogP contribution in [0.2, 0.25) is 0 Å². The second kappa shape index (κ2) is 11.2. The summed E-state index contributed by atoms with van der Waals surface area (Å²) in [6.07, 6.45) is 0.888. The summed E-state index contributed by atoms with van der Waals surface area (Å²) in [5, 5.41) is 17.1. The number of nitro groups is 1. The van der Waals surface area contributed by atoms with E-state index in [1.807, 2.05) is 13.8 Å². The van der Waals surface area contributed by atoms with Crippen LogP contribution in [0, 0.1) is 10.1 Å². The van der Waals surface area contributed by atoms with Gasteiger partial charge in [-0.15, -0.1) is 0 Å². The van der Waals surface area contributed by atoms with Gasteiger partial charge in [0.2, 0.25) is 0 Å². The molecule has 0 fully saturated rings. The molecule has 0 aliphatic rings. The van der Waals surface area contributed by atoms with Gasteiger partial charge in [0.15, 0.2) is 5.96 Å². The molecule has 0 unspecified atom stereocenters. The minimum Gasteiger partial charge on any atom is -0.382 e. The van der Waals surface area contributed by atoms with Crippen LogP contribution in [0.1, 0.15) is 25.8 Å². The van der Waals surface area contributed by atoms with Gasteiger partial charge in [0, 0.05) is 38.4 Å². The van der Waals surface area contributed by atoms with Gasteiger partial charge in [-0.3, -0.25) is 10.1 Å². The number of benzene rings is 1. The van der Waals surface area contributed by atoms with E-state index >= 15 is 0 Å². The van der Waals surface area contributed by atoms with E-state index in [0.29, 0.717) is 25.7 Å². The number of rotatable bonds is 10. The van der Waals surface area contributed by atoms with Crippen molar-refractivity contribution >= 4 is 11.6 Å². The highest BCUT2D eigenvalue weighted by Gasteiger charge is 2.04. The summed E-state index contributed by atoms with van der Waals surface area (Å²) in [5.74, 6) is 0.688. The Labute approximate surface area is 143 Å². The fourth-order valence-corrected chi connectivity index (χ4v) is 1.83. The smallest absolute Gasteiger partial charge is 0.269 e. The number of hydrogen-bond acceptors (Lipinski definition) is 4. The average Bonchev–Trinajstić information content (AvgIpc) is 2.56. The van der Waals surface area contributed by atoms with Crippen molar-refractivity contribution in [1.82, 2.24) is 10.6 Å². The van der Waals surface area contributed by atoms with E-state index in [-0.39, 0.29) is 5.69 Å². The maximum absolute atomic E-state index is 10.7. The van der Waals surface area contributed by atoms with Crippen LogP contribution >= 0.6 is 0 Å². The Morgan fingerprint density at radius 3 is 2.62 bits per heavy atom. The van der Waals surface area contributed by atoms with Crippen LogP contribution in [0.15, 0.2) is 41.4 Å². The van der Waals surface area contributed by atoms with Crippen LogP contribution in [-0.4, -0.2) is 37.2 Å². The molecule has 0 radical (unpaired) electrons. The van der Waals surface area contributed by atoms with Crippen LogP contribution in [-0.2, 0) is 11.3 Å². The fourth-order valence-electron chi connectivity index (χ4n) is 1.83. The molecular weight excluding hydrogens is 308 g/mol. The second-order valence-corrected chi connectivity index (χ2v) is 5.38. The molecule has 0 aliphatic carbocycles. The molecule has 0 aliphatic heterocycles. The average molecular weight is 334 g/mol. The Hall–Kier alpha value is -2.41. The monoisotopic (exact) mass is 334 g/mol. The third kappa shape index (κ3) is 8.28. The van der Waals surface area contributed by atoms with Crippen molar-refractivity contribution in [3.8, 4) is 0 Å². The standard InChI is InChI=1S/C17H26N4O3/c1-4-24-11-5-10-18-17(19-12-14(2)3)20-13-15-6-8-16(9-7-15)21(22)23/h6-9H,2,4-5,10-13H2,1,3H3,(H2,18,19,20). The third-order valence-electron chi connectivity index (χ3n) is 3.09. The lowest BCUT2D eigenvalue weighted by Crippen LogP contribution is -2.38. The van der Waals surface area contributed by atoms with Gasteiger partial charge in [-0.05, 0) is 25.8 Å². The number of non-ortho nitro benzene ring substituents is 1. The summed E-state index contributed by atoms with van der Waals surface area (Å²) in [6.45, 7) is 11.0. The van der Waals surface area contributed by atoms with Crippen LogP contribution in [0.5, 0.6) is 0 Å². The number of nitrogens with one attached hydrogen (secondary N) is 2. The first-order valence-corrected chi connectivity index (χ1v) is 8.00. The molecule has 2 N–H and O–H groups in total. The molecule has 0 atom stereocenters. The lowest BCUT2D eigenvalue weighted by Gasteiger charge is -2.12. The number of aliphatic imine (C=N–C) groups is 1. The Bertz CT molecular complexity index is 555. The highest BCUT2D eigenvalue weighted by molar-refractivity contribution is 5.80. The van der Waals surface area contributed by atoms with E-state index in [1.165, 1.54) is 12.1 Å². The number of hydrogen-bond donors (Lipinski definition) is 2. The summed E-state index contributed by atoms with van der Waals surface area (Å²) in [5.41, 5.74) is 2.00. The first kappa shape index (κ1) is 19.6. The van der Waals surface area contributed by atoms with E-state index in [1.54, 1.807) is 12.1 Å². The molecule has 1 rings (SSSR count). The Morgan fingerprint density at radius 2 is 2.04 bits per heavy atom. The lowest BCUT2D eigenvalue weighted by atomic mass is 10.2. The molecule has 0 heterocycles. The molecule has 7 heteroatoms. The fraction of sp³-hybridized carbons (Fsp3) is 0.471. The minimum absolute atomic E-state index is 0.0809. The quantitative estimate of drug-likeness (QED) is 0.171. The molecule has 7 nitrogen and oxygen atoms in total. The maximum atomic E-state index is 10.7. The lowest BCUT2D eigenvalue weighted by molar-refractivity contribution is -0.384. The predicted molar refractivity (Wildman–Crippen MR) is 96.2 cm³/mol. The highest BCUT2D eigenvalue weighted by Crippen LogP contribution is 2.12. The molecule has 0 saturated carbocycles. The molecule has 0 amide bonds. The zero-order valence-electron chi connectivity index (χ0n) is 14.4. The molecule has 1 aromatic carbocycles. The number of guanidine groups is 1. The van der Waals surface area contributed by atoms with Gasteiger partial charge in [0.05, 0.1) is 11.5 Å². The summed E-state index contributed by atoms with van der Waals surface area (Å²) >= 11 is 0. The predicted octanol–water partition coefficient (Wildman–Crippen LogP) is 2.63. The Kier molecular flexibility index (Phi) is 9.14. The van der Waals surface area contributed by atoms with Gasteiger partial charge in [-0.2, -0.15) is 0 Å². The molecule has 132 valence electrons. The third-order valence-corrected chi connectivity index (χ3v) is 3.09. The molecule has 1 aromatic rings. The highest BCUT2D eigenvalue weighted by atomic mass is 16.6. The summed E-state index contributed by atoms with van der Waals surface area (Å²) in [6, 6.07) is 6.41. The van der Waals surface area contributed by atoms with E-state index in [9.17, 15) is 10.1 Å². The van der Waals surface area contributed by atoms with Gasteiger partial charge in [-0.1, -0.05) is 24.3 Å². The van der Waals surface area contributed by atoms with Crippen LogP contribution in [0.3, 0.4) is 0 Å². The first-order chi connectivity index (χ1) is 11.5. The zero-order valence-corrected chi connectivity index (χ0v) is 14.4. The van der Waals surface area contributed by atoms with Crippen molar-refractivity contribution in [1.29, 1.82) is 0 Å². The topological polar surface area (TPSA) is 88.8 Å². The van der Waals surface area contributed by atoms with Gasteiger partial charge < -0.3 is 15.4 Å². The van der Waals surface area contributed by atoms with E-state index in [0.717, 1.165) is 30.7 Å². The van der Waals surface area contributed by atoms with Gasteiger partial charge >= 0.3 is 0 Å². The van der Waals surface area contributed by atoms with E-state index in [2.05, 4.69) is 22.2 Å². The normalized spacial score (nSPS) is 11.2. The van der Waals surface area contributed by atoms with Crippen LogP contribution in [0.4, 0.5) is 5.69 Å². The number of ether oxygens (including phenoxy) is 1.